The number of esters is 1. The molecular weight excluding hydrogens is 432 g/mol. The van der Waals surface area contributed by atoms with Gasteiger partial charge >= 0.3 is 17.9 Å². The molecule has 1 rings (SSSR count). The normalized spacial score (nSPS) is 18.0. The number of carbonyl (C=O) groups is 2. The van der Waals surface area contributed by atoms with E-state index in [1.807, 2.05) is 0 Å². The molecule has 1 heterocycles. The summed E-state index contributed by atoms with van der Waals surface area (Å²) >= 11 is 0. The fourth-order valence-corrected chi connectivity index (χ4v) is 3.89. The van der Waals surface area contributed by atoms with E-state index in [4.69, 9.17) is 24.1 Å². The van der Waals surface area contributed by atoms with Crippen LogP contribution in [0.5, 0.6) is 0 Å². The van der Waals surface area contributed by atoms with Crippen LogP contribution in [0.1, 0.15) is 77.6 Å². The number of carboxylic acids is 1. The molecule has 1 aliphatic heterocycles. The molecule has 0 radical (unpaired) electrons. The number of carboxylic acid groups (broad SMARTS) is 1. The van der Waals surface area contributed by atoms with Crippen LogP contribution in [0.4, 0.5) is 0 Å². The van der Waals surface area contributed by atoms with E-state index in [0.29, 0.717) is 6.42 Å². The summed E-state index contributed by atoms with van der Waals surface area (Å²) < 4.78 is 53.8. The number of aliphatic carboxylic acids is 1. The summed E-state index contributed by atoms with van der Waals surface area (Å²) in [5.41, 5.74) is 0. The molecule has 10 nitrogen and oxygen atoms in total. The van der Waals surface area contributed by atoms with Crippen molar-refractivity contribution in [2.45, 2.75) is 88.8 Å². The second-order valence-electron chi connectivity index (χ2n) is 7.59. The lowest BCUT2D eigenvalue weighted by molar-refractivity contribution is -0.376. The molecule has 1 unspecified atom stereocenters. The Morgan fingerprint density at radius 2 is 1.45 bits per heavy atom. The molecule has 0 amide bonds. The summed E-state index contributed by atoms with van der Waals surface area (Å²) in [5.74, 6) is -4.84. The first-order valence-electron chi connectivity index (χ1n) is 11.0. The van der Waals surface area contributed by atoms with E-state index in [1.54, 1.807) is 0 Å². The van der Waals surface area contributed by atoms with Crippen LogP contribution >= 0.6 is 0 Å². The van der Waals surface area contributed by atoms with Gasteiger partial charge in [-0.05, 0) is 6.42 Å². The van der Waals surface area contributed by atoms with Gasteiger partial charge in [-0.1, -0.05) is 58.3 Å². The van der Waals surface area contributed by atoms with E-state index in [2.05, 4.69) is 6.92 Å². The minimum absolute atomic E-state index is 0.0418. The zero-order chi connectivity index (χ0) is 23.2. The van der Waals surface area contributed by atoms with Crippen molar-refractivity contribution in [3.05, 3.63) is 0 Å². The number of unbranched alkanes of at least 4 members (excludes halogenated alkanes) is 8. The fourth-order valence-electron chi connectivity index (χ4n) is 3.25. The molecule has 0 aromatic rings. The van der Waals surface area contributed by atoms with Gasteiger partial charge in [-0.3, -0.25) is 14.1 Å². The van der Waals surface area contributed by atoms with Gasteiger partial charge in [-0.15, -0.1) is 0 Å². The van der Waals surface area contributed by atoms with Crippen LogP contribution in [0.25, 0.3) is 0 Å². The summed E-state index contributed by atoms with van der Waals surface area (Å²) in [4.78, 5) is 23.4. The standard InChI is InChI=1S/C20H36O10S/c1-2-3-4-5-6-7-8-9-10-11-20(28-14-12-27-13-15-29-20)30-19(23)17(16-18(21)22)31(24,25)26/h17H,2-16H2,1H3,(H,21,22)(H,24,25,26). The number of rotatable bonds is 15. The van der Waals surface area contributed by atoms with Crippen molar-refractivity contribution >= 4 is 22.1 Å². The molecule has 1 fully saturated rings. The van der Waals surface area contributed by atoms with E-state index < -0.39 is 39.7 Å². The van der Waals surface area contributed by atoms with E-state index in [1.165, 1.54) is 25.7 Å². The molecule has 2 N–H and O–H groups in total. The second-order valence-corrected chi connectivity index (χ2v) is 9.19. The number of hydrogen-bond donors (Lipinski definition) is 2. The van der Waals surface area contributed by atoms with Gasteiger partial charge in [0.15, 0.2) is 5.25 Å². The van der Waals surface area contributed by atoms with Gasteiger partial charge in [0.25, 0.3) is 10.1 Å². The van der Waals surface area contributed by atoms with E-state index in [9.17, 15) is 22.6 Å². The quantitative estimate of drug-likeness (QED) is 0.209. The predicted molar refractivity (Wildman–Crippen MR) is 111 cm³/mol. The van der Waals surface area contributed by atoms with E-state index in [-0.39, 0.29) is 32.8 Å². The second kappa shape index (κ2) is 14.7. The molecule has 0 bridgehead atoms. The van der Waals surface area contributed by atoms with E-state index in [0.717, 1.165) is 25.7 Å². The highest BCUT2D eigenvalue weighted by atomic mass is 32.2. The number of ether oxygens (including phenoxy) is 4. The summed E-state index contributed by atoms with van der Waals surface area (Å²) in [6, 6.07) is 0. The average Bonchev–Trinajstić information content (AvgIpc) is 2.66. The molecule has 31 heavy (non-hydrogen) atoms. The maximum Gasteiger partial charge on any atom is 0.331 e. The van der Waals surface area contributed by atoms with E-state index >= 15 is 0 Å². The monoisotopic (exact) mass is 468 g/mol. The SMILES string of the molecule is CCCCCCCCCCCC1(OC(=O)C(CC(=O)O)S(=O)(=O)O)OCCOCCO1. The van der Waals surface area contributed by atoms with Gasteiger partial charge in [0.2, 0.25) is 0 Å². The fraction of sp³-hybridized carbons (Fsp3) is 0.900. The third-order valence-corrected chi connectivity index (χ3v) is 6.00. The van der Waals surface area contributed by atoms with Crippen molar-refractivity contribution in [1.82, 2.24) is 0 Å². The summed E-state index contributed by atoms with van der Waals surface area (Å²) in [5, 5.41) is 6.61. The van der Waals surface area contributed by atoms with Gasteiger partial charge < -0.3 is 24.1 Å². The van der Waals surface area contributed by atoms with Crippen molar-refractivity contribution in [3.63, 3.8) is 0 Å². The lowest BCUT2D eigenvalue weighted by atomic mass is 10.1. The van der Waals surface area contributed by atoms with Crippen LogP contribution in [0.15, 0.2) is 0 Å². The Morgan fingerprint density at radius 1 is 0.935 bits per heavy atom. The Hall–Kier alpha value is -1.27. The summed E-state index contributed by atoms with van der Waals surface area (Å²) in [7, 11) is -4.99. The van der Waals surface area contributed by atoms with Crippen molar-refractivity contribution in [2.75, 3.05) is 26.4 Å². The Bertz CT molecular complexity index is 626. The van der Waals surface area contributed by atoms with Gasteiger partial charge in [-0.2, -0.15) is 8.42 Å². The molecule has 182 valence electrons. The first kappa shape index (κ1) is 27.8. The maximum absolute atomic E-state index is 12.4. The highest BCUT2D eigenvalue weighted by Gasteiger charge is 2.43. The Kier molecular flexibility index (Phi) is 13.2. The average molecular weight is 469 g/mol. The van der Waals surface area contributed by atoms with Gasteiger partial charge in [-0.25, -0.2) is 0 Å². The Morgan fingerprint density at radius 3 is 1.94 bits per heavy atom. The first-order chi connectivity index (χ1) is 14.7. The zero-order valence-corrected chi connectivity index (χ0v) is 19.1. The van der Waals surface area contributed by atoms with Crippen LogP contribution in [-0.2, 0) is 38.7 Å². The molecule has 0 aliphatic carbocycles. The molecule has 0 spiro atoms. The predicted octanol–water partition coefficient (Wildman–Crippen LogP) is 2.90. The highest BCUT2D eigenvalue weighted by molar-refractivity contribution is 7.87. The van der Waals surface area contributed by atoms with Crippen molar-refractivity contribution in [3.8, 4) is 0 Å². The van der Waals surface area contributed by atoms with Crippen molar-refractivity contribution in [2.24, 2.45) is 0 Å². The minimum atomic E-state index is -4.99. The topological polar surface area (TPSA) is 146 Å². The first-order valence-corrected chi connectivity index (χ1v) is 12.5. The third-order valence-electron chi connectivity index (χ3n) is 4.92. The smallest absolute Gasteiger partial charge is 0.331 e. The van der Waals surface area contributed by atoms with Crippen LogP contribution < -0.4 is 0 Å². The van der Waals surface area contributed by atoms with Gasteiger partial charge in [0, 0.05) is 6.42 Å². The molecule has 0 aromatic carbocycles. The molecule has 11 heteroatoms. The van der Waals surface area contributed by atoms with Gasteiger partial charge in [0.1, 0.15) is 0 Å². The molecule has 1 aliphatic rings. The lowest BCUT2D eigenvalue weighted by Gasteiger charge is -2.34. The molecule has 0 aromatic heterocycles. The highest BCUT2D eigenvalue weighted by Crippen LogP contribution is 2.27. The van der Waals surface area contributed by atoms with Crippen LogP contribution in [-0.4, -0.2) is 67.7 Å². The number of hydrogen-bond acceptors (Lipinski definition) is 8. The largest absolute Gasteiger partial charge is 0.481 e. The van der Waals surface area contributed by atoms with Crippen LogP contribution in [0.3, 0.4) is 0 Å². The molecule has 1 atom stereocenters. The zero-order valence-electron chi connectivity index (χ0n) is 18.3. The van der Waals surface area contributed by atoms with Crippen molar-refractivity contribution < 1.29 is 46.6 Å². The van der Waals surface area contributed by atoms with Crippen molar-refractivity contribution in [1.29, 1.82) is 0 Å². The molecular formula is C20H36O10S. The van der Waals surface area contributed by atoms with Crippen LogP contribution in [0, 0.1) is 0 Å². The Balaban J connectivity index is 2.68. The lowest BCUT2D eigenvalue weighted by Crippen LogP contribution is -2.47. The molecule has 0 saturated carbocycles. The number of carbonyl (C=O) groups excluding carboxylic acids is 1. The minimum Gasteiger partial charge on any atom is -0.481 e. The Labute approximate surface area is 184 Å². The van der Waals surface area contributed by atoms with Gasteiger partial charge in [0.05, 0.1) is 32.8 Å². The third kappa shape index (κ3) is 11.8. The summed E-state index contributed by atoms with van der Waals surface area (Å²) in [6.07, 6.45) is 8.61. The molecule has 1 saturated heterocycles. The maximum atomic E-state index is 12.4. The van der Waals surface area contributed by atoms with Crippen LogP contribution in [0.2, 0.25) is 0 Å². The summed E-state index contributed by atoms with van der Waals surface area (Å²) in [6.45, 7) is 2.73.